The Morgan fingerprint density at radius 1 is 0.694 bits per heavy atom. The van der Waals surface area contributed by atoms with E-state index >= 15 is 0 Å². The first-order valence-electron chi connectivity index (χ1n) is 14.3. The van der Waals surface area contributed by atoms with Crippen molar-refractivity contribution in [3.63, 3.8) is 0 Å². The zero-order chi connectivity index (χ0) is 26.3. The average Bonchev–Trinajstić information content (AvgIpc) is 2.85. The molecule has 1 rings (SSSR count). The number of carbonyl (C=O) groups is 2. The maximum atomic E-state index is 13.1. The van der Waals surface area contributed by atoms with Crippen molar-refractivity contribution in [1.29, 1.82) is 0 Å². The molecule has 0 saturated carbocycles. The van der Waals surface area contributed by atoms with E-state index in [2.05, 4.69) is 22.9 Å². The molecule has 4 nitrogen and oxygen atoms in total. The topological polar surface area (TPSA) is 52.6 Å². The molecule has 0 radical (unpaired) electrons. The van der Waals surface area contributed by atoms with Crippen molar-refractivity contribution in [2.75, 3.05) is 6.61 Å². The number of benzene rings is 1. The van der Waals surface area contributed by atoms with Crippen LogP contribution >= 0.6 is 15.9 Å². The zero-order valence-corrected chi connectivity index (χ0v) is 24.1. The fourth-order valence-electron chi connectivity index (χ4n) is 4.18. The van der Waals surface area contributed by atoms with Crippen LogP contribution in [0.2, 0.25) is 0 Å². The maximum Gasteiger partial charge on any atom is 0.311 e. The first kappa shape index (κ1) is 32.6. The summed E-state index contributed by atoms with van der Waals surface area (Å²) >= 11 is 3.19. The lowest BCUT2D eigenvalue weighted by Crippen LogP contribution is -2.08. The molecular weight excluding hydrogens is 523 g/mol. The molecule has 6 heteroatoms. The molecule has 0 unspecified atom stereocenters. The van der Waals surface area contributed by atoms with Crippen LogP contribution in [0.1, 0.15) is 135 Å². The number of unbranched alkanes of at least 4 members (excludes halogenated alkanes) is 16. The normalized spacial score (nSPS) is 11.0. The fourth-order valence-corrected chi connectivity index (χ4v) is 4.61. The van der Waals surface area contributed by atoms with Gasteiger partial charge < -0.3 is 9.47 Å². The van der Waals surface area contributed by atoms with Gasteiger partial charge in [-0.1, -0.05) is 103 Å². The molecular formula is C30H48BrFO4. The lowest BCUT2D eigenvalue weighted by atomic mass is 10.1. The number of carbonyl (C=O) groups excluding carboxylic acids is 2. The van der Waals surface area contributed by atoms with Gasteiger partial charge in [0.2, 0.25) is 0 Å². The van der Waals surface area contributed by atoms with Crippen LogP contribution in [0.15, 0.2) is 22.7 Å². The maximum absolute atomic E-state index is 13.1. The van der Waals surface area contributed by atoms with E-state index in [0.717, 1.165) is 51.4 Å². The standard InChI is InChI=1S/C30H48BrFO4/c1-2-3-4-5-6-7-8-9-10-13-16-19-24-35-29(33)20-17-14-11-12-15-18-21-30(34)36-28-23-22-26(32)25-27(28)31/h22-23,25H,2-21,24H2,1H3. The summed E-state index contributed by atoms with van der Waals surface area (Å²) in [6, 6.07) is 3.99. The zero-order valence-electron chi connectivity index (χ0n) is 22.5. The van der Waals surface area contributed by atoms with Crippen LogP contribution in [0.4, 0.5) is 4.39 Å². The van der Waals surface area contributed by atoms with Gasteiger partial charge in [0.15, 0.2) is 0 Å². The second-order valence-corrected chi connectivity index (χ2v) is 10.6. The summed E-state index contributed by atoms with van der Waals surface area (Å²) < 4.78 is 24.1. The summed E-state index contributed by atoms with van der Waals surface area (Å²) in [7, 11) is 0. The third kappa shape index (κ3) is 18.8. The number of rotatable bonds is 23. The van der Waals surface area contributed by atoms with Crippen molar-refractivity contribution in [2.45, 2.75) is 135 Å². The summed E-state index contributed by atoms with van der Waals surface area (Å²) in [5, 5.41) is 0. The Labute approximate surface area is 227 Å². The quantitative estimate of drug-likeness (QED) is 0.0745. The highest BCUT2D eigenvalue weighted by Crippen LogP contribution is 2.26. The van der Waals surface area contributed by atoms with E-state index in [9.17, 15) is 14.0 Å². The van der Waals surface area contributed by atoms with Crippen molar-refractivity contribution in [3.05, 3.63) is 28.5 Å². The number of ether oxygens (including phenoxy) is 2. The third-order valence-electron chi connectivity index (χ3n) is 6.39. The van der Waals surface area contributed by atoms with Gasteiger partial charge in [-0.25, -0.2) is 4.39 Å². The van der Waals surface area contributed by atoms with E-state index in [4.69, 9.17) is 9.47 Å². The molecule has 0 aliphatic rings. The summed E-state index contributed by atoms with van der Waals surface area (Å²) in [6.45, 7) is 2.82. The second-order valence-electron chi connectivity index (χ2n) is 9.78. The lowest BCUT2D eigenvalue weighted by molar-refractivity contribution is -0.144. The van der Waals surface area contributed by atoms with Gasteiger partial charge >= 0.3 is 11.9 Å². The van der Waals surface area contributed by atoms with Crippen LogP contribution in [0.25, 0.3) is 0 Å². The van der Waals surface area contributed by atoms with Gasteiger partial charge in [0.05, 0.1) is 11.1 Å². The van der Waals surface area contributed by atoms with Crippen molar-refractivity contribution < 1.29 is 23.5 Å². The summed E-state index contributed by atoms with van der Waals surface area (Å²) in [5.41, 5.74) is 0. The smallest absolute Gasteiger partial charge is 0.311 e. The Kier molecular flexibility index (Phi) is 20.6. The molecule has 0 aromatic heterocycles. The van der Waals surface area contributed by atoms with Gasteiger partial charge in [0, 0.05) is 12.8 Å². The summed E-state index contributed by atoms with van der Waals surface area (Å²) in [5.74, 6) is -0.424. The van der Waals surface area contributed by atoms with E-state index < -0.39 is 0 Å². The van der Waals surface area contributed by atoms with Crippen molar-refractivity contribution in [1.82, 2.24) is 0 Å². The van der Waals surface area contributed by atoms with Crippen LogP contribution in [0.3, 0.4) is 0 Å². The van der Waals surface area contributed by atoms with Gasteiger partial charge in [-0.15, -0.1) is 0 Å². The Hall–Kier alpha value is -1.43. The van der Waals surface area contributed by atoms with Crippen molar-refractivity contribution in [3.8, 4) is 5.75 Å². The van der Waals surface area contributed by atoms with Crippen LogP contribution in [-0.2, 0) is 14.3 Å². The molecule has 0 bridgehead atoms. The minimum absolute atomic E-state index is 0.0761. The molecule has 206 valence electrons. The molecule has 1 aromatic rings. The van der Waals surface area contributed by atoms with Gasteiger partial charge in [-0.05, 0) is 53.4 Å². The lowest BCUT2D eigenvalue weighted by Gasteiger charge is -2.07. The molecule has 0 spiro atoms. The van der Waals surface area contributed by atoms with Crippen molar-refractivity contribution in [2.24, 2.45) is 0 Å². The summed E-state index contributed by atoms with van der Waals surface area (Å²) in [6.07, 6.45) is 22.1. The predicted octanol–water partition coefficient (Wildman–Crippen LogP) is 9.86. The van der Waals surface area contributed by atoms with Gasteiger partial charge in [-0.3, -0.25) is 9.59 Å². The average molecular weight is 572 g/mol. The van der Waals surface area contributed by atoms with Gasteiger partial charge in [0.25, 0.3) is 0 Å². The number of hydrogen-bond acceptors (Lipinski definition) is 4. The SMILES string of the molecule is CCCCCCCCCCCCCCOC(=O)CCCCCCCCC(=O)Oc1ccc(F)cc1Br. The van der Waals surface area contributed by atoms with Gasteiger partial charge in [0.1, 0.15) is 11.6 Å². The van der Waals surface area contributed by atoms with Crippen LogP contribution < -0.4 is 4.74 Å². The molecule has 0 saturated heterocycles. The first-order chi connectivity index (χ1) is 17.5. The van der Waals surface area contributed by atoms with E-state index in [-0.39, 0.29) is 17.8 Å². The highest BCUT2D eigenvalue weighted by Gasteiger charge is 2.09. The molecule has 0 aliphatic carbocycles. The molecule has 0 fully saturated rings. The summed E-state index contributed by atoms with van der Waals surface area (Å²) in [4.78, 5) is 23.8. The van der Waals surface area contributed by atoms with Gasteiger partial charge in [-0.2, -0.15) is 0 Å². The Bertz CT molecular complexity index is 710. The number of esters is 2. The van der Waals surface area contributed by atoms with E-state index in [1.54, 1.807) is 0 Å². The Balaban J connectivity index is 1.83. The molecule has 0 atom stereocenters. The second kappa shape index (κ2) is 22.7. The minimum atomic E-state index is -0.380. The highest BCUT2D eigenvalue weighted by atomic mass is 79.9. The number of halogens is 2. The highest BCUT2D eigenvalue weighted by molar-refractivity contribution is 9.10. The fraction of sp³-hybridized carbons (Fsp3) is 0.733. The largest absolute Gasteiger partial charge is 0.466 e. The molecule has 0 amide bonds. The first-order valence-corrected chi connectivity index (χ1v) is 15.1. The van der Waals surface area contributed by atoms with Crippen LogP contribution in [0, 0.1) is 5.82 Å². The molecule has 0 aliphatic heterocycles. The van der Waals surface area contributed by atoms with Crippen LogP contribution in [0.5, 0.6) is 5.75 Å². The van der Waals surface area contributed by atoms with E-state index in [1.807, 2.05) is 0 Å². The molecule has 36 heavy (non-hydrogen) atoms. The van der Waals surface area contributed by atoms with E-state index in [1.165, 1.54) is 82.4 Å². The van der Waals surface area contributed by atoms with E-state index in [0.29, 0.717) is 29.7 Å². The van der Waals surface area contributed by atoms with Crippen LogP contribution in [-0.4, -0.2) is 18.5 Å². The van der Waals surface area contributed by atoms with Crippen molar-refractivity contribution >= 4 is 27.9 Å². The minimum Gasteiger partial charge on any atom is -0.466 e. The predicted molar refractivity (Wildman–Crippen MR) is 149 cm³/mol. The molecule has 0 heterocycles. The molecule has 0 N–H and O–H groups in total. The third-order valence-corrected chi connectivity index (χ3v) is 7.01. The Morgan fingerprint density at radius 3 is 1.69 bits per heavy atom. The Morgan fingerprint density at radius 2 is 1.17 bits per heavy atom. The number of hydrogen-bond donors (Lipinski definition) is 0. The monoisotopic (exact) mass is 570 g/mol. The molecule has 1 aromatic carbocycles.